The molecule has 0 aliphatic heterocycles. The Bertz CT molecular complexity index is 495. The predicted molar refractivity (Wildman–Crippen MR) is 61.6 cm³/mol. The first-order valence-electron chi connectivity index (χ1n) is 4.91. The highest BCUT2D eigenvalue weighted by molar-refractivity contribution is 5.38. The molecule has 2 rings (SSSR count). The second-order valence-electron chi connectivity index (χ2n) is 3.40. The van der Waals surface area contributed by atoms with Gasteiger partial charge in [0, 0.05) is 6.07 Å². The SMILES string of the molecule is Nc1cc(OCc2ccc(F)cc2)nc(N)n1. The number of rotatable bonds is 3. The lowest BCUT2D eigenvalue weighted by molar-refractivity contribution is 0.294. The van der Waals surface area contributed by atoms with Crippen molar-refractivity contribution >= 4 is 11.8 Å². The highest BCUT2D eigenvalue weighted by Gasteiger charge is 2.01. The molecule has 1 aromatic heterocycles. The van der Waals surface area contributed by atoms with E-state index < -0.39 is 0 Å². The average Bonchev–Trinajstić information content (AvgIpc) is 2.27. The Balaban J connectivity index is 2.04. The van der Waals surface area contributed by atoms with Gasteiger partial charge in [0.15, 0.2) is 0 Å². The fraction of sp³-hybridized carbons (Fsp3) is 0.0909. The van der Waals surface area contributed by atoms with Crippen molar-refractivity contribution in [3.8, 4) is 5.88 Å². The first kappa shape index (κ1) is 11.1. The van der Waals surface area contributed by atoms with Gasteiger partial charge in [-0.05, 0) is 17.7 Å². The van der Waals surface area contributed by atoms with Gasteiger partial charge in [-0.2, -0.15) is 9.97 Å². The zero-order chi connectivity index (χ0) is 12.3. The summed E-state index contributed by atoms with van der Waals surface area (Å²) in [6, 6.07) is 7.45. The maximum Gasteiger partial charge on any atom is 0.225 e. The zero-order valence-corrected chi connectivity index (χ0v) is 8.93. The largest absolute Gasteiger partial charge is 0.473 e. The van der Waals surface area contributed by atoms with Crippen LogP contribution in [-0.2, 0) is 6.61 Å². The molecule has 0 saturated heterocycles. The summed E-state index contributed by atoms with van der Waals surface area (Å²) in [7, 11) is 0. The van der Waals surface area contributed by atoms with Crippen molar-refractivity contribution in [2.24, 2.45) is 0 Å². The minimum atomic E-state index is -0.288. The lowest BCUT2D eigenvalue weighted by Crippen LogP contribution is -2.03. The van der Waals surface area contributed by atoms with Crippen molar-refractivity contribution in [2.45, 2.75) is 6.61 Å². The third-order valence-electron chi connectivity index (χ3n) is 2.04. The van der Waals surface area contributed by atoms with Crippen LogP contribution in [-0.4, -0.2) is 9.97 Å². The first-order valence-corrected chi connectivity index (χ1v) is 4.91. The van der Waals surface area contributed by atoms with Crippen LogP contribution in [0.1, 0.15) is 5.56 Å². The summed E-state index contributed by atoms with van der Waals surface area (Å²) in [5, 5.41) is 0. The van der Waals surface area contributed by atoms with E-state index >= 15 is 0 Å². The number of ether oxygens (including phenoxy) is 1. The normalized spacial score (nSPS) is 10.2. The molecule has 0 aliphatic rings. The minimum absolute atomic E-state index is 0.0547. The standard InChI is InChI=1S/C11H11FN4O/c12-8-3-1-7(2-4-8)6-17-10-5-9(13)15-11(14)16-10/h1-5H,6H2,(H4,13,14,15,16). The maximum absolute atomic E-state index is 12.7. The van der Waals surface area contributed by atoms with E-state index in [0.29, 0.717) is 5.88 Å². The summed E-state index contributed by atoms with van der Waals surface area (Å²) >= 11 is 0. The molecule has 4 N–H and O–H groups in total. The van der Waals surface area contributed by atoms with E-state index in [-0.39, 0.29) is 24.2 Å². The quantitative estimate of drug-likeness (QED) is 0.837. The Morgan fingerprint density at radius 2 is 1.82 bits per heavy atom. The van der Waals surface area contributed by atoms with Gasteiger partial charge in [0.05, 0.1) is 0 Å². The van der Waals surface area contributed by atoms with E-state index in [1.807, 2.05) is 0 Å². The molecular formula is C11H11FN4O. The first-order chi connectivity index (χ1) is 8.13. The monoisotopic (exact) mass is 234 g/mol. The average molecular weight is 234 g/mol. The van der Waals surface area contributed by atoms with Crippen LogP contribution in [0.4, 0.5) is 16.2 Å². The molecule has 0 atom stereocenters. The van der Waals surface area contributed by atoms with Crippen molar-refractivity contribution in [3.05, 3.63) is 41.7 Å². The fourth-order valence-electron chi connectivity index (χ4n) is 1.27. The zero-order valence-electron chi connectivity index (χ0n) is 8.93. The summed E-state index contributed by atoms with van der Waals surface area (Å²) in [5.74, 6) is 0.300. The maximum atomic E-state index is 12.7. The van der Waals surface area contributed by atoms with E-state index in [4.69, 9.17) is 16.2 Å². The molecule has 0 fully saturated rings. The van der Waals surface area contributed by atoms with E-state index in [9.17, 15) is 4.39 Å². The van der Waals surface area contributed by atoms with Gasteiger partial charge >= 0.3 is 0 Å². The number of aromatic nitrogens is 2. The summed E-state index contributed by atoms with van der Waals surface area (Å²) in [6.07, 6.45) is 0. The second kappa shape index (κ2) is 4.65. The number of halogens is 1. The Kier molecular flexibility index (Phi) is 3.04. The van der Waals surface area contributed by atoms with E-state index in [2.05, 4.69) is 9.97 Å². The number of benzene rings is 1. The van der Waals surface area contributed by atoms with Crippen LogP contribution in [0.3, 0.4) is 0 Å². The van der Waals surface area contributed by atoms with Crippen LogP contribution in [0.5, 0.6) is 5.88 Å². The second-order valence-corrected chi connectivity index (χ2v) is 3.40. The van der Waals surface area contributed by atoms with Gasteiger partial charge in [-0.3, -0.25) is 0 Å². The molecule has 88 valence electrons. The summed E-state index contributed by atoms with van der Waals surface area (Å²) in [5.41, 5.74) is 11.7. The van der Waals surface area contributed by atoms with Crippen molar-refractivity contribution in [3.63, 3.8) is 0 Å². The molecule has 6 heteroatoms. The minimum Gasteiger partial charge on any atom is -0.473 e. The Morgan fingerprint density at radius 1 is 1.12 bits per heavy atom. The number of nitrogens with zero attached hydrogens (tertiary/aromatic N) is 2. The van der Waals surface area contributed by atoms with Gasteiger partial charge in [-0.25, -0.2) is 4.39 Å². The van der Waals surface area contributed by atoms with Crippen LogP contribution >= 0.6 is 0 Å². The summed E-state index contributed by atoms with van der Waals surface area (Å²) in [6.45, 7) is 0.260. The van der Waals surface area contributed by atoms with Gasteiger partial charge in [0.2, 0.25) is 11.8 Å². The van der Waals surface area contributed by atoms with Gasteiger partial charge < -0.3 is 16.2 Å². The van der Waals surface area contributed by atoms with E-state index in [1.54, 1.807) is 12.1 Å². The molecule has 5 nitrogen and oxygen atoms in total. The van der Waals surface area contributed by atoms with Gasteiger partial charge in [0.25, 0.3) is 0 Å². The molecular weight excluding hydrogens is 223 g/mol. The molecule has 17 heavy (non-hydrogen) atoms. The summed E-state index contributed by atoms with van der Waals surface area (Å²) < 4.78 is 18.0. The Morgan fingerprint density at radius 3 is 2.47 bits per heavy atom. The molecule has 1 heterocycles. The molecule has 1 aromatic carbocycles. The van der Waals surface area contributed by atoms with E-state index in [1.165, 1.54) is 18.2 Å². The number of anilines is 2. The lowest BCUT2D eigenvalue weighted by Gasteiger charge is -2.06. The smallest absolute Gasteiger partial charge is 0.225 e. The molecule has 0 unspecified atom stereocenters. The highest BCUT2D eigenvalue weighted by Crippen LogP contribution is 2.14. The van der Waals surface area contributed by atoms with E-state index in [0.717, 1.165) is 5.56 Å². The van der Waals surface area contributed by atoms with Crippen molar-refractivity contribution in [1.82, 2.24) is 9.97 Å². The summed E-state index contributed by atoms with van der Waals surface area (Å²) in [4.78, 5) is 7.57. The van der Waals surface area contributed by atoms with Crippen molar-refractivity contribution in [2.75, 3.05) is 11.5 Å². The molecule has 0 saturated carbocycles. The number of nitrogens with two attached hydrogens (primary N) is 2. The molecule has 0 aliphatic carbocycles. The van der Waals surface area contributed by atoms with Crippen LogP contribution in [0.15, 0.2) is 30.3 Å². The van der Waals surface area contributed by atoms with Gasteiger partial charge in [-0.1, -0.05) is 12.1 Å². The highest BCUT2D eigenvalue weighted by atomic mass is 19.1. The van der Waals surface area contributed by atoms with Crippen LogP contribution in [0, 0.1) is 5.82 Å². The number of hydrogen-bond donors (Lipinski definition) is 2. The fourth-order valence-corrected chi connectivity index (χ4v) is 1.27. The van der Waals surface area contributed by atoms with Gasteiger partial charge in [0.1, 0.15) is 18.2 Å². The Hall–Kier alpha value is -2.37. The third-order valence-corrected chi connectivity index (χ3v) is 2.04. The molecule has 0 spiro atoms. The van der Waals surface area contributed by atoms with Crippen LogP contribution in [0.25, 0.3) is 0 Å². The number of nitrogen functional groups attached to an aromatic ring is 2. The predicted octanol–water partition coefficient (Wildman–Crippen LogP) is 1.36. The van der Waals surface area contributed by atoms with Crippen LogP contribution in [0.2, 0.25) is 0 Å². The lowest BCUT2D eigenvalue weighted by atomic mass is 10.2. The van der Waals surface area contributed by atoms with Crippen molar-refractivity contribution < 1.29 is 9.13 Å². The molecule has 0 amide bonds. The topological polar surface area (TPSA) is 87.0 Å². The molecule has 0 bridgehead atoms. The van der Waals surface area contributed by atoms with Crippen LogP contribution < -0.4 is 16.2 Å². The molecule has 2 aromatic rings. The van der Waals surface area contributed by atoms with Crippen molar-refractivity contribution in [1.29, 1.82) is 0 Å². The molecule has 0 radical (unpaired) electrons. The van der Waals surface area contributed by atoms with Gasteiger partial charge in [-0.15, -0.1) is 0 Å². The Labute approximate surface area is 97.3 Å². The number of hydrogen-bond acceptors (Lipinski definition) is 5. The third kappa shape index (κ3) is 3.04.